The van der Waals surface area contributed by atoms with Crippen molar-refractivity contribution in [2.75, 3.05) is 32.8 Å². The van der Waals surface area contributed by atoms with Crippen LogP contribution in [0.25, 0.3) is 6.08 Å². The molecule has 1 aliphatic rings. The highest BCUT2D eigenvalue weighted by molar-refractivity contribution is 5.87. The number of hydrogen-bond donors (Lipinski definition) is 0. The highest BCUT2D eigenvalue weighted by atomic mass is 16.6. The number of non-ortho nitro benzene ring substituents is 1. The first-order chi connectivity index (χ1) is 11.5. The van der Waals surface area contributed by atoms with Crippen LogP contribution < -0.4 is 0 Å². The molecule has 0 unspecified atom stereocenters. The molecule has 1 aromatic carbocycles. The maximum atomic E-state index is 11.8. The van der Waals surface area contributed by atoms with Crippen molar-refractivity contribution in [3.63, 3.8) is 0 Å². The summed E-state index contributed by atoms with van der Waals surface area (Å²) in [7, 11) is 0. The predicted molar refractivity (Wildman–Crippen MR) is 89.6 cm³/mol. The van der Waals surface area contributed by atoms with Crippen molar-refractivity contribution in [3.05, 3.63) is 46.0 Å². The van der Waals surface area contributed by atoms with Gasteiger partial charge in [0.15, 0.2) is 0 Å². The third kappa shape index (κ3) is 6.10. The summed E-state index contributed by atoms with van der Waals surface area (Å²) < 4.78 is 10.6. The monoisotopic (exact) mass is 334 g/mol. The third-order valence-corrected chi connectivity index (χ3v) is 3.77. The summed E-state index contributed by atoms with van der Waals surface area (Å²) >= 11 is 0. The molecule has 130 valence electrons. The van der Waals surface area contributed by atoms with Gasteiger partial charge in [0.1, 0.15) is 6.10 Å². The molecule has 0 N–H and O–H groups in total. The molecule has 24 heavy (non-hydrogen) atoms. The summed E-state index contributed by atoms with van der Waals surface area (Å²) in [5.74, 6) is -0.448. The number of morpholine rings is 1. The van der Waals surface area contributed by atoms with Crippen molar-refractivity contribution in [2.45, 2.75) is 19.4 Å². The van der Waals surface area contributed by atoms with E-state index in [-0.39, 0.29) is 11.8 Å². The molecule has 1 fully saturated rings. The van der Waals surface area contributed by atoms with Gasteiger partial charge in [0.2, 0.25) is 0 Å². The largest absolute Gasteiger partial charge is 0.459 e. The summed E-state index contributed by atoms with van der Waals surface area (Å²) in [5.41, 5.74) is 0.575. The Morgan fingerprint density at radius 1 is 1.46 bits per heavy atom. The first-order valence-electron chi connectivity index (χ1n) is 7.98. The molecule has 1 heterocycles. The van der Waals surface area contributed by atoms with Gasteiger partial charge in [0, 0.05) is 37.8 Å². The zero-order chi connectivity index (χ0) is 17.4. The molecule has 0 amide bonds. The fraction of sp³-hybridized carbons (Fsp3) is 0.471. The highest BCUT2D eigenvalue weighted by Gasteiger charge is 2.13. The molecule has 1 atom stereocenters. The first-order valence-corrected chi connectivity index (χ1v) is 7.98. The van der Waals surface area contributed by atoms with Crippen LogP contribution in [0, 0.1) is 10.1 Å². The second-order valence-corrected chi connectivity index (χ2v) is 5.68. The molecule has 7 heteroatoms. The fourth-order valence-electron chi connectivity index (χ4n) is 2.39. The second-order valence-electron chi connectivity index (χ2n) is 5.68. The molecule has 0 radical (unpaired) electrons. The van der Waals surface area contributed by atoms with E-state index in [1.165, 1.54) is 24.3 Å². The number of esters is 1. The summed E-state index contributed by atoms with van der Waals surface area (Å²) in [4.78, 5) is 24.4. The Kier molecular flexibility index (Phi) is 6.89. The molecule has 0 bridgehead atoms. The maximum Gasteiger partial charge on any atom is 0.331 e. The summed E-state index contributed by atoms with van der Waals surface area (Å²) in [6.07, 6.45) is 3.39. The van der Waals surface area contributed by atoms with E-state index in [1.54, 1.807) is 12.1 Å². The van der Waals surface area contributed by atoms with Gasteiger partial charge < -0.3 is 9.47 Å². The number of rotatable bonds is 7. The Balaban J connectivity index is 1.77. The average Bonchev–Trinajstić information content (AvgIpc) is 2.59. The number of carbonyl (C=O) groups excluding carboxylic acids is 1. The molecule has 0 spiro atoms. The minimum atomic E-state index is -0.469. The van der Waals surface area contributed by atoms with E-state index in [9.17, 15) is 14.9 Å². The Morgan fingerprint density at radius 2 is 2.21 bits per heavy atom. The van der Waals surface area contributed by atoms with Crippen LogP contribution >= 0.6 is 0 Å². The van der Waals surface area contributed by atoms with Gasteiger partial charge in [-0.2, -0.15) is 0 Å². The van der Waals surface area contributed by atoms with Crippen LogP contribution in [0.1, 0.15) is 18.9 Å². The predicted octanol–water partition coefficient (Wildman–Crippen LogP) is 2.26. The second kappa shape index (κ2) is 9.14. The summed E-state index contributed by atoms with van der Waals surface area (Å²) in [5, 5.41) is 10.7. The van der Waals surface area contributed by atoms with E-state index in [1.807, 2.05) is 6.92 Å². The first kappa shape index (κ1) is 18.1. The van der Waals surface area contributed by atoms with Crippen LogP contribution in [-0.4, -0.2) is 54.7 Å². The van der Waals surface area contributed by atoms with Crippen molar-refractivity contribution in [1.29, 1.82) is 0 Å². The number of hydrogen-bond acceptors (Lipinski definition) is 6. The van der Waals surface area contributed by atoms with Crippen molar-refractivity contribution >= 4 is 17.7 Å². The van der Waals surface area contributed by atoms with E-state index >= 15 is 0 Å². The lowest BCUT2D eigenvalue weighted by molar-refractivity contribution is -0.384. The lowest BCUT2D eigenvalue weighted by atomic mass is 10.2. The van der Waals surface area contributed by atoms with Crippen molar-refractivity contribution in [1.82, 2.24) is 4.90 Å². The maximum absolute atomic E-state index is 11.8. The number of nitro groups is 1. The minimum absolute atomic E-state index is 0.00982. The van der Waals surface area contributed by atoms with Gasteiger partial charge in [0.05, 0.1) is 18.1 Å². The van der Waals surface area contributed by atoms with E-state index in [0.29, 0.717) is 5.56 Å². The van der Waals surface area contributed by atoms with Gasteiger partial charge in [-0.15, -0.1) is 0 Å². The lowest BCUT2D eigenvalue weighted by Gasteiger charge is -2.27. The van der Waals surface area contributed by atoms with E-state index in [0.717, 1.165) is 39.3 Å². The van der Waals surface area contributed by atoms with E-state index in [4.69, 9.17) is 9.47 Å². The molecule has 2 rings (SSSR count). The van der Waals surface area contributed by atoms with Gasteiger partial charge in [-0.1, -0.05) is 12.1 Å². The minimum Gasteiger partial charge on any atom is -0.459 e. The smallest absolute Gasteiger partial charge is 0.331 e. The molecular weight excluding hydrogens is 312 g/mol. The van der Waals surface area contributed by atoms with Gasteiger partial charge >= 0.3 is 5.97 Å². The Bertz CT molecular complexity index is 596. The molecule has 1 aromatic rings. The van der Waals surface area contributed by atoms with Crippen LogP contribution in [0.5, 0.6) is 0 Å². The SMILES string of the molecule is C[C@H](CCN1CCOCC1)OC(=O)/C=C/c1cccc([N+](=O)[O-])c1. The normalized spacial score (nSPS) is 16.9. The standard InChI is InChI=1S/C17H22N2O5/c1-14(7-8-18-9-11-23-12-10-18)24-17(20)6-5-15-3-2-4-16(13-15)19(21)22/h2-6,13-14H,7-12H2,1H3/b6-5+/t14-/m1/s1. The van der Waals surface area contributed by atoms with Crippen LogP contribution in [-0.2, 0) is 14.3 Å². The number of benzene rings is 1. The van der Waals surface area contributed by atoms with Crippen molar-refractivity contribution in [2.24, 2.45) is 0 Å². The molecule has 1 saturated heterocycles. The fourth-order valence-corrected chi connectivity index (χ4v) is 2.39. The van der Waals surface area contributed by atoms with Crippen molar-refractivity contribution in [3.8, 4) is 0 Å². The Hall–Kier alpha value is -2.25. The summed E-state index contributed by atoms with van der Waals surface area (Å²) in [6.45, 7) is 6.05. The summed E-state index contributed by atoms with van der Waals surface area (Å²) in [6, 6.07) is 6.09. The molecule has 0 aliphatic carbocycles. The topological polar surface area (TPSA) is 81.9 Å². The van der Waals surface area contributed by atoms with Crippen LogP contribution in [0.4, 0.5) is 5.69 Å². The number of carbonyl (C=O) groups is 1. The van der Waals surface area contributed by atoms with E-state index < -0.39 is 10.9 Å². The molecule has 7 nitrogen and oxygen atoms in total. The van der Waals surface area contributed by atoms with Crippen LogP contribution in [0.2, 0.25) is 0 Å². The van der Waals surface area contributed by atoms with Gasteiger partial charge in [-0.25, -0.2) is 4.79 Å². The van der Waals surface area contributed by atoms with Gasteiger partial charge in [-0.05, 0) is 25.0 Å². The number of nitro benzene ring substituents is 1. The zero-order valence-electron chi connectivity index (χ0n) is 13.7. The lowest BCUT2D eigenvalue weighted by Crippen LogP contribution is -2.38. The Labute approximate surface area is 141 Å². The number of ether oxygens (including phenoxy) is 2. The number of nitrogens with zero attached hydrogens (tertiary/aromatic N) is 2. The third-order valence-electron chi connectivity index (χ3n) is 3.77. The molecule has 0 saturated carbocycles. The molecular formula is C17H22N2O5. The van der Waals surface area contributed by atoms with Crippen LogP contribution in [0.15, 0.2) is 30.3 Å². The Morgan fingerprint density at radius 3 is 2.92 bits per heavy atom. The van der Waals surface area contributed by atoms with Crippen molar-refractivity contribution < 1.29 is 19.2 Å². The van der Waals surface area contributed by atoms with Crippen LogP contribution in [0.3, 0.4) is 0 Å². The van der Waals surface area contributed by atoms with E-state index in [2.05, 4.69) is 4.90 Å². The molecule has 1 aliphatic heterocycles. The van der Waals surface area contributed by atoms with Gasteiger partial charge in [0.25, 0.3) is 5.69 Å². The zero-order valence-corrected chi connectivity index (χ0v) is 13.7. The van der Waals surface area contributed by atoms with Gasteiger partial charge in [-0.3, -0.25) is 15.0 Å². The quantitative estimate of drug-likeness (QED) is 0.329. The average molecular weight is 334 g/mol. The highest BCUT2D eigenvalue weighted by Crippen LogP contribution is 2.14. The molecule has 0 aromatic heterocycles.